The first-order chi connectivity index (χ1) is 10.6. The minimum absolute atomic E-state index is 0.0670. The Morgan fingerprint density at radius 1 is 1.14 bits per heavy atom. The van der Waals surface area contributed by atoms with Gasteiger partial charge in [-0.1, -0.05) is 34.5 Å². The molecule has 0 bridgehead atoms. The van der Waals surface area contributed by atoms with Crippen molar-refractivity contribution in [2.24, 2.45) is 0 Å². The minimum Gasteiger partial charge on any atom is -0.506 e. The number of phenols is 1. The van der Waals surface area contributed by atoms with Gasteiger partial charge in [-0.3, -0.25) is 0 Å². The van der Waals surface area contributed by atoms with Gasteiger partial charge in [0.1, 0.15) is 10.8 Å². The zero-order valence-corrected chi connectivity index (χ0v) is 13.0. The molecule has 1 N–H and O–H groups in total. The number of furan rings is 1. The first-order valence-corrected chi connectivity index (χ1v) is 7.66. The van der Waals surface area contributed by atoms with Crippen molar-refractivity contribution in [3.63, 3.8) is 0 Å². The number of halogens is 2. The Hall–Kier alpha value is -2.09. The van der Waals surface area contributed by atoms with E-state index in [2.05, 4.69) is 15.3 Å². The molecule has 0 unspecified atom stereocenters. The molecular weight excluding hydrogens is 347 g/mol. The maximum absolute atomic E-state index is 9.58. The lowest BCUT2D eigenvalue weighted by Gasteiger charge is -2.04. The maximum atomic E-state index is 9.58. The summed E-state index contributed by atoms with van der Waals surface area (Å²) in [5, 5.41) is 23.1. The van der Waals surface area contributed by atoms with Gasteiger partial charge >= 0.3 is 0 Å². The second-order valence-electron chi connectivity index (χ2n) is 4.36. The molecule has 4 aromatic rings. The average molecular weight is 353 g/mol. The van der Waals surface area contributed by atoms with Crippen LogP contribution in [-0.4, -0.2) is 24.9 Å². The van der Waals surface area contributed by atoms with Crippen molar-refractivity contribution >= 4 is 39.5 Å². The van der Waals surface area contributed by atoms with Crippen molar-refractivity contribution in [2.75, 3.05) is 0 Å². The van der Waals surface area contributed by atoms with Crippen molar-refractivity contribution in [3.05, 3.63) is 40.6 Å². The van der Waals surface area contributed by atoms with Gasteiger partial charge in [0.15, 0.2) is 16.6 Å². The number of rotatable bonds is 2. The predicted molar refractivity (Wildman–Crippen MR) is 83.5 cm³/mol. The summed E-state index contributed by atoms with van der Waals surface area (Å²) in [5.74, 6) is 0.998. The van der Waals surface area contributed by atoms with Crippen LogP contribution in [0.5, 0.6) is 5.75 Å². The summed E-state index contributed by atoms with van der Waals surface area (Å²) in [5.41, 5.74) is 0.535. The third-order valence-corrected chi connectivity index (χ3v) is 4.81. The Bertz CT molecular complexity index is 978. The first-order valence-electron chi connectivity index (χ1n) is 6.08. The minimum atomic E-state index is -0.0919. The zero-order chi connectivity index (χ0) is 15.3. The lowest BCUT2D eigenvalue weighted by atomic mass is 10.2. The lowest BCUT2D eigenvalue weighted by Crippen LogP contribution is -1.92. The van der Waals surface area contributed by atoms with Crippen LogP contribution >= 0.6 is 34.5 Å². The van der Waals surface area contributed by atoms with Gasteiger partial charge in [-0.25, -0.2) is 0 Å². The number of hydrogen-bond donors (Lipinski definition) is 1. The summed E-state index contributed by atoms with van der Waals surface area (Å²) in [6.45, 7) is 0. The van der Waals surface area contributed by atoms with E-state index in [0.29, 0.717) is 27.1 Å². The Kier molecular flexibility index (Phi) is 3.07. The van der Waals surface area contributed by atoms with Crippen LogP contribution in [0.1, 0.15) is 0 Å². The quantitative estimate of drug-likeness (QED) is 0.586. The predicted octanol–water partition coefficient (Wildman–Crippen LogP) is 4.13. The van der Waals surface area contributed by atoms with E-state index in [0.717, 1.165) is 0 Å². The van der Waals surface area contributed by atoms with E-state index in [1.54, 1.807) is 22.9 Å². The van der Waals surface area contributed by atoms with E-state index in [4.69, 9.17) is 27.6 Å². The maximum Gasteiger partial charge on any atom is 0.235 e. The summed E-state index contributed by atoms with van der Waals surface area (Å²) >= 11 is 13.5. The monoisotopic (exact) mass is 352 g/mol. The van der Waals surface area contributed by atoms with E-state index in [-0.39, 0.29) is 15.8 Å². The molecule has 0 amide bonds. The fourth-order valence-electron chi connectivity index (χ4n) is 2.00. The number of fused-ring (bicyclic) bond motifs is 1. The van der Waals surface area contributed by atoms with Crippen molar-refractivity contribution < 1.29 is 9.52 Å². The highest BCUT2D eigenvalue weighted by atomic mass is 35.5. The molecule has 0 aliphatic carbocycles. The third kappa shape index (κ3) is 1.98. The standard InChI is InChI=1S/C13H6Cl2N4O2S/c14-9-6(3-4-7(20)10(9)15)11-16-17-13-19(11)18-12(22-13)8-2-1-5-21-8/h1-5,20H. The van der Waals surface area contributed by atoms with Gasteiger partial charge in [0, 0.05) is 5.56 Å². The molecule has 0 spiro atoms. The van der Waals surface area contributed by atoms with Gasteiger partial charge in [-0.05, 0) is 24.3 Å². The van der Waals surface area contributed by atoms with Crippen LogP contribution in [0.2, 0.25) is 10.0 Å². The van der Waals surface area contributed by atoms with Crippen LogP contribution < -0.4 is 0 Å². The fourth-order valence-corrected chi connectivity index (χ4v) is 3.21. The van der Waals surface area contributed by atoms with Crippen LogP contribution in [0.3, 0.4) is 0 Å². The van der Waals surface area contributed by atoms with Crippen LogP contribution in [0.15, 0.2) is 34.9 Å². The van der Waals surface area contributed by atoms with Crippen LogP contribution in [-0.2, 0) is 0 Å². The van der Waals surface area contributed by atoms with E-state index in [9.17, 15) is 5.11 Å². The summed E-state index contributed by atoms with van der Waals surface area (Å²) in [6.07, 6.45) is 1.58. The van der Waals surface area contributed by atoms with Crippen LogP contribution in [0.25, 0.3) is 27.1 Å². The van der Waals surface area contributed by atoms with Gasteiger partial charge in [0.05, 0.1) is 11.3 Å². The van der Waals surface area contributed by atoms with Gasteiger partial charge < -0.3 is 9.52 Å². The highest BCUT2D eigenvalue weighted by molar-refractivity contribution is 7.19. The van der Waals surface area contributed by atoms with Crippen molar-refractivity contribution in [1.29, 1.82) is 0 Å². The summed E-state index contributed by atoms with van der Waals surface area (Å²) < 4.78 is 6.90. The Balaban J connectivity index is 1.91. The Labute approximate surface area is 137 Å². The molecule has 0 aliphatic rings. The molecule has 0 radical (unpaired) electrons. The third-order valence-electron chi connectivity index (χ3n) is 3.03. The topological polar surface area (TPSA) is 76.5 Å². The summed E-state index contributed by atoms with van der Waals surface area (Å²) in [6, 6.07) is 6.67. The average Bonchev–Trinajstić information content (AvgIpc) is 3.20. The number of benzene rings is 1. The van der Waals surface area contributed by atoms with Crippen LogP contribution in [0.4, 0.5) is 0 Å². The lowest BCUT2D eigenvalue weighted by molar-refractivity contribution is 0.475. The molecule has 22 heavy (non-hydrogen) atoms. The van der Waals surface area contributed by atoms with Crippen molar-refractivity contribution in [2.45, 2.75) is 0 Å². The summed E-state index contributed by atoms with van der Waals surface area (Å²) in [7, 11) is 0. The molecule has 4 rings (SSSR count). The number of aromatic nitrogens is 4. The Morgan fingerprint density at radius 2 is 2.00 bits per heavy atom. The molecule has 1 aromatic carbocycles. The zero-order valence-electron chi connectivity index (χ0n) is 10.7. The molecular formula is C13H6Cl2N4O2S. The number of phenolic OH excluding ortho intramolecular Hbond substituents is 1. The second kappa shape index (κ2) is 4.98. The number of nitrogens with zero attached hydrogens (tertiary/aromatic N) is 4. The SMILES string of the molecule is Oc1ccc(-c2nnc3sc(-c4ccco4)nn23)c(Cl)c1Cl. The Morgan fingerprint density at radius 3 is 2.77 bits per heavy atom. The highest BCUT2D eigenvalue weighted by Crippen LogP contribution is 2.39. The van der Waals surface area contributed by atoms with E-state index >= 15 is 0 Å². The van der Waals surface area contributed by atoms with Crippen molar-refractivity contribution in [1.82, 2.24) is 19.8 Å². The largest absolute Gasteiger partial charge is 0.506 e. The van der Waals surface area contributed by atoms with Gasteiger partial charge in [-0.15, -0.1) is 15.3 Å². The molecule has 0 atom stereocenters. The van der Waals surface area contributed by atoms with Gasteiger partial charge in [0.2, 0.25) is 4.96 Å². The second-order valence-corrected chi connectivity index (χ2v) is 6.07. The molecule has 110 valence electrons. The molecule has 0 aliphatic heterocycles. The molecule has 3 aromatic heterocycles. The normalized spacial score (nSPS) is 11.4. The molecule has 6 nitrogen and oxygen atoms in total. The first kappa shape index (κ1) is 13.6. The summed E-state index contributed by atoms with van der Waals surface area (Å²) in [4.78, 5) is 0.599. The van der Waals surface area contributed by atoms with Crippen molar-refractivity contribution in [3.8, 4) is 27.9 Å². The number of aromatic hydroxyl groups is 1. The van der Waals surface area contributed by atoms with E-state index in [1.165, 1.54) is 17.4 Å². The fraction of sp³-hybridized carbons (Fsp3) is 0. The van der Waals surface area contributed by atoms with E-state index < -0.39 is 0 Å². The number of hydrogen-bond acceptors (Lipinski definition) is 6. The molecule has 0 fully saturated rings. The highest BCUT2D eigenvalue weighted by Gasteiger charge is 2.19. The molecule has 0 saturated heterocycles. The molecule has 0 saturated carbocycles. The smallest absolute Gasteiger partial charge is 0.235 e. The van der Waals surface area contributed by atoms with Gasteiger partial charge in [-0.2, -0.15) is 4.52 Å². The van der Waals surface area contributed by atoms with Crippen LogP contribution in [0, 0.1) is 0 Å². The molecule has 3 heterocycles. The molecule has 9 heteroatoms. The van der Waals surface area contributed by atoms with Gasteiger partial charge in [0.25, 0.3) is 0 Å². The van der Waals surface area contributed by atoms with E-state index in [1.807, 2.05) is 6.07 Å².